The van der Waals surface area contributed by atoms with Crippen LogP contribution in [-0.4, -0.2) is 42.0 Å². The molecule has 0 fully saturated rings. The van der Waals surface area contributed by atoms with Crippen molar-refractivity contribution in [1.82, 2.24) is 9.55 Å². The third-order valence-electron chi connectivity index (χ3n) is 3.69. The molecule has 1 heterocycles. The van der Waals surface area contributed by atoms with Crippen LogP contribution in [0.15, 0.2) is 29.4 Å². The van der Waals surface area contributed by atoms with Gasteiger partial charge in [-0.05, 0) is 37.8 Å². The molecule has 1 aromatic carbocycles. The van der Waals surface area contributed by atoms with Crippen molar-refractivity contribution in [1.29, 1.82) is 0 Å². The molecule has 0 saturated heterocycles. The molecule has 0 bridgehead atoms. The van der Waals surface area contributed by atoms with Gasteiger partial charge in [-0.1, -0.05) is 23.9 Å². The number of thioether (sulfide) groups is 1. The Morgan fingerprint density at radius 2 is 1.81 bits per heavy atom. The first-order chi connectivity index (χ1) is 12.9. The number of methoxy groups -OCH3 is 1. The zero-order chi connectivity index (χ0) is 20.0. The number of carbonyl (C=O) groups is 1. The number of nitrogens with zero attached hydrogens (tertiary/aromatic N) is 2. The van der Waals surface area contributed by atoms with E-state index >= 15 is 0 Å². The summed E-state index contributed by atoms with van der Waals surface area (Å²) >= 11 is 1.31. The Hall–Kier alpha value is -1.80. The van der Waals surface area contributed by atoms with Gasteiger partial charge in [0.1, 0.15) is 11.4 Å². The number of primary amides is 1. The molecule has 0 aliphatic carbocycles. The van der Waals surface area contributed by atoms with E-state index in [1.807, 2.05) is 30.5 Å². The molecule has 2 N–H and O–H groups in total. The van der Waals surface area contributed by atoms with Crippen molar-refractivity contribution in [2.24, 2.45) is 5.73 Å². The number of imidazole rings is 1. The number of rotatable bonds is 10. The highest BCUT2D eigenvalue weighted by atomic mass is 32.2. The molecule has 2 rings (SSSR count). The maximum atomic E-state index is 13.2. The molecule has 10 heteroatoms. The molecular weight excluding hydrogens is 389 g/mol. The number of nitrogens with two attached hydrogens (primary N) is 1. The first kappa shape index (κ1) is 21.5. The van der Waals surface area contributed by atoms with Gasteiger partial charge in [-0.25, -0.2) is 4.98 Å². The average Bonchev–Trinajstić information content (AvgIpc) is 3.02. The van der Waals surface area contributed by atoms with Crippen molar-refractivity contribution < 1.29 is 23.1 Å². The van der Waals surface area contributed by atoms with E-state index in [0.29, 0.717) is 11.7 Å². The van der Waals surface area contributed by atoms with Crippen LogP contribution in [-0.2, 0) is 20.2 Å². The van der Waals surface area contributed by atoms with Crippen LogP contribution in [0.4, 0.5) is 0 Å². The number of carbonyl (C=O) groups excluding carboxylic acids is 1. The van der Waals surface area contributed by atoms with Gasteiger partial charge in [-0.2, -0.15) is 0 Å². The Labute approximate surface area is 162 Å². The van der Waals surface area contributed by atoms with E-state index in [4.69, 9.17) is 19.5 Å². The second kappa shape index (κ2) is 9.41. The van der Waals surface area contributed by atoms with Crippen LogP contribution in [0, 0.1) is 0 Å². The quantitative estimate of drug-likeness (QED) is 0.471. The fourth-order valence-corrected chi connectivity index (χ4v) is 4.90. The predicted molar refractivity (Wildman–Crippen MR) is 105 cm³/mol. The van der Waals surface area contributed by atoms with Gasteiger partial charge in [-0.15, -0.1) is 0 Å². The number of hydrogen-bond donors (Lipinski definition) is 1. The van der Waals surface area contributed by atoms with E-state index in [0.717, 1.165) is 11.3 Å². The minimum Gasteiger partial charge on any atom is -0.497 e. The second-order valence-corrected chi connectivity index (χ2v) is 8.11. The molecule has 8 nitrogen and oxygen atoms in total. The molecule has 0 atom stereocenters. The number of aromatic nitrogens is 2. The van der Waals surface area contributed by atoms with Gasteiger partial charge in [0.05, 0.1) is 26.9 Å². The van der Waals surface area contributed by atoms with Crippen LogP contribution in [0.25, 0.3) is 0 Å². The number of benzene rings is 1. The van der Waals surface area contributed by atoms with Gasteiger partial charge >= 0.3 is 7.60 Å². The molecule has 2 aromatic rings. The molecule has 0 radical (unpaired) electrons. The minimum atomic E-state index is -3.77. The lowest BCUT2D eigenvalue weighted by Crippen LogP contribution is -2.27. The fraction of sp³-hybridized carbons (Fsp3) is 0.412. The number of amides is 1. The van der Waals surface area contributed by atoms with Gasteiger partial charge in [0.2, 0.25) is 0 Å². The number of hydrogen-bond acceptors (Lipinski definition) is 7. The summed E-state index contributed by atoms with van der Waals surface area (Å²) in [5.41, 5.74) is 6.50. The zero-order valence-electron chi connectivity index (χ0n) is 15.8. The summed E-state index contributed by atoms with van der Waals surface area (Å²) in [6.45, 7) is 4.01. The van der Waals surface area contributed by atoms with Crippen molar-refractivity contribution in [3.8, 4) is 5.75 Å². The molecule has 1 amide bonds. The largest absolute Gasteiger partial charge is 0.497 e. The topological polar surface area (TPSA) is 106 Å². The Balaban J connectivity index is 2.57. The SMILES string of the molecule is CCOP(=O)(OCC)c1nc(SC)n(Cc2ccc(OC)cc2)c1C(N)=O. The predicted octanol–water partition coefficient (Wildman–Crippen LogP) is 2.65. The highest BCUT2D eigenvalue weighted by Crippen LogP contribution is 2.47. The summed E-state index contributed by atoms with van der Waals surface area (Å²) < 4.78 is 30.7. The maximum absolute atomic E-state index is 13.2. The Morgan fingerprint density at radius 1 is 1.22 bits per heavy atom. The first-order valence-electron chi connectivity index (χ1n) is 8.37. The van der Waals surface area contributed by atoms with Gasteiger partial charge in [0.15, 0.2) is 10.6 Å². The summed E-state index contributed by atoms with van der Waals surface area (Å²) in [5, 5.41) is 0.495. The van der Waals surface area contributed by atoms with Crippen LogP contribution >= 0.6 is 19.4 Å². The lowest BCUT2D eigenvalue weighted by atomic mass is 10.2. The average molecular weight is 413 g/mol. The third-order valence-corrected chi connectivity index (χ3v) is 6.39. The van der Waals surface area contributed by atoms with Gasteiger partial charge in [0.25, 0.3) is 5.91 Å². The van der Waals surface area contributed by atoms with Crippen molar-refractivity contribution >= 4 is 30.7 Å². The summed E-state index contributed by atoms with van der Waals surface area (Å²) in [6.07, 6.45) is 1.81. The van der Waals surface area contributed by atoms with Crippen molar-refractivity contribution in [3.05, 3.63) is 35.5 Å². The highest BCUT2D eigenvalue weighted by molar-refractivity contribution is 7.98. The first-order valence-corrected chi connectivity index (χ1v) is 11.1. The van der Waals surface area contributed by atoms with Crippen LogP contribution in [0.2, 0.25) is 0 Å². The van der Waals surface area contributed by atoms with Gasteiger partial charge in [-0.3, -0.25) is 9.36 Å². The van der Waals surface area contributed by atoms with Crippen molar-refractivity contribution in [2.75, 3.05) is 26.6 Å². The zero-order valence-corrected chi connectivity index (χ0v) is 17.5. The molecule has 0 unspecified atom stereocenters. The van der Waals surface area contributed by atoms with Gasteiger partial charge < -0.3 is 24.1 Å². The Bertz CT molecular complexity index is 828. The summed E-state index contributed by atoms with van der Waals surface area (Å²) in [4.78, 5) is 16.6. The molecule has 0 aliphatic rings. The molecule has 0 spiro atoms. The monoisotopic (exact) mass is 413 g/mol. The number of ether oxygens (including phenoxy) is 1. The van der Waals surface area contributed by atoms with E-state index in [1.54, 1.807) is 25.5 Å². The molecule has 0 aliphatic heterocycles. The molecular formula is C17H24N3O5PS. The van der Waals surface area contributed by atoms with E-state index in [-0.39, 0.29) is 24.3 Å². The molecule has 0 saturated carbocycles. The smallest absolute Gasteiger partial charge is 0.382 e. The van der Waals surface area contributed by atoms with Crippen LogP contribution in [0.3, 0.4) is 0 Å². The Kier molecular flexibility index (Phi) is 7.49. The molecule has 27 heavy (non-hydrogen) atoms. The van der Waals surface area contributed by atoms with E-state index in [1.165, 1.54) is 11.8 Å². The Morgan fingerprint density at radius 3 is 2.26 bits per heavy atom. The summed E-state index contributed by atoms with van der Waals surface area (Å²) in [6, 6.07) is 7.39. The molecule has 1 aromatic heterocycles. The fourth-order valence-electron chi connectivity index (χ4n) is 2.57. The van der Waals surface area contributed by atoms with Gasteiger partial charge in [0, 0.05) is 0 Å². The second-order valence-electron chi connectivity index (χ2n) is 5.40. The van der Waals surface area contributed by atoms with Crippen LogP contribution in [0.1, 0.15) is 29.9 Å². The van der Waals surface area contributed by atoms with Crippen LogP contribution < -0.4 is 15.9 Å². The lowest BCUT2D eigenvalue weighted by molar-refractivity contribution is 0.0991. The minimum absolute atomic E-state index is 0.0281. The third kappa shape index (κ3) is 4.73. The van der Waals surface area contributed by atoms with E-state index in [9.17, 15) is 9.36 Å². The van der Waals surface area contributed by atoms with Crippen molar-refractivity contribution in [2.45, 2.75) is 25.5 Å². The lowest BCUT2D eigenvalue weighted by Gasteiger charge is -2.16. The van der Waals surface area contributed by atoms with Crippen LogP contribution in [0.5, 0.6) is 5.75 Å². The van der Waals surface area contributed by atoms with Crippen molar-refractivity contribution in [3.63, 3.8) is 0 Å². The highest BCUT2D eigenvalue weighted by Gasteiger charge is 2.37. The standard InChI is InChI=1S/C17H24N3O5PS/c1-5-24-26(22,25-6-2)16-14(15(18)21)20(17(19-16)27-4)11-12-7-9-13(23-3)10-8-12/h7-10H,5-6,11H2,1-4H3,(H2,18,21). The van der Waals surface area contributed by atoms with E-state index in [2.05, 4.69) is 4.98 Å². The molecule has 148 valence electrons. The summed E-state index contributed by atoms with van der Waals surface area (Å²) in [5.74, 6) is -0.0200. The summed E-state index contributed by atoms with van der Waals surface area (Å²) in [7, 11) is -2.18. The van der Waals surface area contributed by atoms with E-state index < -0.39 is 13.5 Å². The maximum Gasteiger partial charge on any atom is 0.382 e. The normalized spacial score (nSPS) is 11.6.